The molecule has 4 heteroatoms. The summed E-state index contributed by atoms with van der Waals surface area (Å²) in [5.74, 6) is 0.859. The van der Waals surface area contributed by atoms with E-state index in [0.29, 0.717) is 18.8 Å². The Kier molecular flexibility index (Phi) is 5.18. The first kappa shape index (κ1) is 15.0. The number of carbonyl (C=O) groups excluding carboxylic acids is 2. The maximum atomic E-state index is 12.1. The average Bonchev–Trinajstić information content (AvgIpc) is 2.46. The number of carbonyl (C=O) groups is 2. The number of fused-ring (bicyclic) bond motifs is 1. The standard InChI is InChI=1S/C16H20ClNO2/c1-12(19)18-9-7-13-5-6-14(10-15(13)11-18)16(20)4-2-3-8-17/h5-6,10H,2-4,7-9,11H2,1H3. The first-order valence-electron chi connectivity index (χ1n) is 7.08. The lowest BCUT2D eigenvalue weighted by atomic mass is 9.95. The number of halogens is 1. The number of amides is 1. The molecule has 3 nitrogen and oxygen atoms in total. The van der Waals surface area contributed by atoms with Crippen molar-refractivity contribution in [2.24, 2.45) is 0 Å². The summed E-state index contributed by atoms with van der Waals surface area (Å²) >= 11 is 5.62. The summed E-state index contributed by atoms with van der Waals surface area (Å²) in [7, 11) is 0. The molecule has 1 aliphatic rings. The van der Waals surface area contributed by atoms with E-state index in [1.165, 1.54) is 5.56 Å². The molecule has 2 rings (SSSR count). The van der Waals surface area contributed by atoms with Gasteiger partial charge in [0.15, 0.2) is 5.78 Å². The lowest BCUT2D eigenvalue weighted by Gasteiger charge is -2.28. The van der Waals surface area contributed by atoms with Crippen molar-refractivity contribution < 1.29 is 9.59 Å². The molecule has 0 atom stereocenters. The van der Waals surface area contributed by atoms with Crippen LogP contribution < -0.4 is 0 Å². The fourth-order valence-corrected chi connectivity index (χ4v) is 2.71. The van der Waals surface area contributed by atoms with E-state index in [9.17, 15) is 9.59 Å². The molecule has 1 aromatic carbocycles. The van der Waals surface area contributed by atoms with E-state index in [-0.39, 0.29) is 11.7 Å². The Morgan fingerprint density at radius 2 is 2.05 bits per heavy atom. The second kappa shape index (κ2) is 6.89. The lowest BCUT2D eigenvalue weighted by molar-refractivity contribution is -0.129. The second-order valence-electron chi connectivity index (χ2n) is 5.24. The maximum absolute atomic E-state index is 12.1. The predicted molar refractivity (Wildman–Crippen MR) is 80.1 cm³/mol. The zero-order chi connectivity index (χ0) is 14.5. The van der Waals surface area contributed by atoms with Gasteiger partial charge in [-0.05, 0) is 36.5 Å². The highest BCUT2D eigenvalue weighted by Crippen LogP contribution is 2.21. The third kappa shape index (κ3) is 3.60. The largest absolute Gasteiger partial charge is 0.338 e. The first-order valence-corrected chi connectivity index (χ1v) is 7.61. The van der Waals surface area contributed by atoms with Gasteiger partial charge in [-0.2, -0.15) is 0 Å². The molecule has 0 radical (unpaired) electrons. The zero-order valence-corrected chi connectivity index (χ0v) is 12.6. The Morgan fingerprint density at radius 3 is 2.75 bits per heavy atom. The number of nitrogens with zero attached hydrogens (tertiary/aromatic N) is 1. The molecule has 0 spiro atoms. The van der Waals surface area contributed by atoms with Crippen molar-refractivity contribution in [3.8, 4) is 0 Å². The Hall–Kier alpha value is -1.35. The quantitative estimate of drug-likeness (QED) is 0.475. The van der Waals surface area contributed by atoms with E-state index in [1.54, 1.807) is 6.92 Å². The zero-order valence-electron chi connectivity index (χ0n) is 11.8. The second-order valence-corrected chi connectivity index (χ2v) is 5.62. The molecule has 1 heterocycles. The van der Waals surface area contributed by atoms with Crippen LogP contribution in [0.4, 0.5) is 0 Å². The highest BCUT2D eigenvalue weighted by molar-refractivity contribution is 6.17. The highest BCUT2D eigenvalue weighted by Gasteiger charge is 2.19. The number of hydrogen-bond acceptors (Lipinski definition) is 2. The molecule has 0 unspecified atom stereocenters. The van der Waals surface area contributed by atoms with Gasteiger partial charge in [0.2, 0.25) is 5.91 Å². The number of alkyl halides is 1. The Balaban J connectivity index is 2.08. The minimum Gasteiger partial charge on any atom is -0.338 e. The van der Waals surface area contributed by atoms with Crippen molar-refractivity contribution in [3.05, 3.63) is 34.9 Å². The van der Waals surface area contributed by atoms with Crippen molar-refractivity contribution >= 4 is 23.3 Å². The molecule has 0 saturated heterocycles. The fourth-order valence-electron chi connectivity index (χ4n) is 2.52. The summed E-state index contributed by atoms with van der Waals surface area (Å²) in [6.45, 7) is 2.98. The summed E-state index contributed by atoms with van der Waals surface area (Å²) in [4.78, 5) is 25.4. The van der Waals surface area contributed by atoms with Crippen molar-refractivity contribution in [2.45, 2.75) is 39.2 Å². The van der Waals surface area contributed by atoms with E-state index in [1.807, 2.05) is 23.1 Å². The minimum atomic E-state index is 0.0921. The van der Waals surface area contributed by atoms with Gasteiger partial charge >= 0.3 is 0 Å². The fraction of sp³-hybridized carbons (Fsp3) is 0.500. The topological polar surface area (TPSA) is 37.4 Å². The van der Waals surface area contributed by atoms with Crippen LogP contribution in [0.25, 0.3) is 0 Å². The summed E-state index contributed by atoms with van der Waals surface area (Å²) in [6, 6.07) is 5.89. The van der Waals surface area contributed by atoms with E-state index < -0.39 is 0 Å². The molecule has 0 N–H and O–H groups in total. The van der Waals surface area contributed by atoms with E-state index >= 15 is 0 Å². The molecular weight excluding hydrogens is 274 g/mol. The Bertz CT molecular complexity index is 513. The molecule has 20 heavy (non-hydrogen) atoms. The number of unbranched alkanes of at least 4 members (excludes halogenated alkanes) is 1. The lowest BCUT2D eigenvalue weighted by Crippen LogP contribution is -2.34. The van der Waals surface area contributed by atoms with Gasteiger partial charge in [-0.3, -0.25) is 9.59 Å². The summed E-state index contributed by atoms with van der Waals surface area (Å²) in [6.07, 6.45) is 3.12. The van der Waals surface area contributed by atoms with Gasteiger partial charge in [-0.15, -0.1) is 11.6 Å². The van der Waals surface area contributed by atoms with Crippen LogP contribution in [0.1, 0.15) is 47.7 Å². The van der Waals surface area contributed by atoms with Crippen molar-refractivity contribution in [2.75, 3.05) is 12.4 Å². The molecule has 0 aromatic heterocycles. The predicted octanol–water partition coefficient (Wildman–Crippen LogP) is 3.18. The molecular formula is C16H20ClNO2. The molecule has 0 fully saturated rings. The maximum Gasteiger partial charge on any atom is 0.219 e. The summed E-state index contributed by atoms with van der Waals surface area (Å²) in [5, 5.41) is 0. The van der Waals surface area contributed by atoms with Crippen LogP contribution in [0.3, 0.4) is 0 Å². The van der Waals surface area contributed by atoms with Crippen molar-refractivity contribution in [1.29, 1.82) is 0 Å². The van der Waals surface area contributed by atoms with E-state index in [4.69, 9.17) is 11.6 Å². The van der Waals surface area contributed by atoms with E-state index in [0.717, 1.165) is 36.9 Å². The van der Waals surface area contributed by atoms with Gasteiger partial charge in [0, 0.05) is 37.9 Å². The summed E-state index contributed by atoms with van der Waals surface area (Å²) in [5.41, 5.74) is 3.11. The number of Topliss-reactive ketones (excluding diaryl/α,β-unsaturated/α-hetero) is 1. The number of rotatable bonds is 5. The van der Waals surface area contributed by atoms with Gasteiger partial charge in [0.25, 0.3) is 0 Å². The normalized spacial score (nSPS) is 14.0. The third-order valence-electron chi connectivity index (χ3n) is 3.77. The molecule has 108 valence electrons. The van der Waals surface area contributed by atoms with Crippen LogP contribution in [0.2, 0.25) is 0 Å². The number of benzene rings is 1. The van der Waals surface area contributed by atoms with Crippen LogP contribution in [0.15, 0.2) is 18.2 Å². The van der Waals surface area contributed by atoms with Crippen molar-refractivity contribution in [3.63, 3.8) is 0 Å². The SMILES string of the molecule is CC(=O)N1CCc2ccc(C(=O)CCCCCl)cc2C1. The molecule has 0 aliphatic carbocycles. The van der Waals surface area contributed by atoms with Gasteiger partial charge < -0.3 is 4.90 Å². The molecule has 1 aliphatic heterocycles. The summed E-state index contributed by atoms with van der Waals surface area (Å²) < 4.78 is 0. The van der Waals surface area contributed by atoms with Crippen LogP contribution in [0, 0.1) is 0 Å². The van der Waals surface area contributed by atoms with Crippen LogP contribution in [0.5, 0.6) is 0 Å². The van der Waals surface area contributed by atoms with Gasteiger partial charge in [0.1, 0.15) is 0 Å². The van der Waals surface area contributed by atoms with Crippen LogP contribution in [-0.2, 0) is 17.8 Å². The van der Waals surface area contributed by atoms with E-state index in [2.05, 4.69) is 0 Å². The average molecular weight is 294 g/mol. The highest BCUT2D eigenvalue weighted by atomic mass is 35.5. The smallest absolute Gasteiger partial charge is 0.219 e. The Labute approximate surface area is 124 Å². The van der Waals surface area contributed by atoms with Crippen LogP contribution in [-0.4, -0.2) is 29.0 Å². The van der Waals surface area contributed by atoms with Crippen LogP contribution >= 0.6 is 11.6 Å². The van der Waals surface area contributed by atoms with Gasteiger partial charge in [-0.25, -0.2) is 0 Å². The van der Waals surface area contributed by atoms with Gasteiger partial charge in [0.05, 0.1) is 0 Å². The first-order chi connectivity index (χ1) is 9.61. The third-order valence-corrected chi connectivity index (χ3v) is 4.04. The van der Waals surface area contributed by atoms with Gasteiger partial charge in [-0.1, -0.05) is 12.1 Å². The molecule has 0 bridgehead atoms. The molecule has 1 amide bonds. The monoisotopic (exact) mass is 293 g/mol. The Morgan fingerprint density at radius 1 is 1.25 bits per heavy atom. The number of ketones is 1. The molecule has 1 aromatic rings. The molecule has 0 saturated carbocycles. The minimum absolute atomic E-state index is 0.0921. The van der Waals surface area contributed by atoms with Crippen molar-refractivity contribution in [1.82, 2.24) is 4.90 Å². The number of hydrogen-bond donors (Lipinski definition) is 0.